The van der Waals surface area contributed by atoms with E-state index >= 15 is 0 Å². The van der Waals surface area contributed by atoms with Gasteiger partial charge in [-0.1, -0.05) is 0 Å². The van der Waals surface area contributed by atoms with Gasteiger partial charge < -0.3 is 4.42 Å². The molecule has 0 spiro atoms. The smallest absolute Gasteiger partial charge is 0.390 e. The molecule has 0 N–H and O–H groups in total. The summed E-state index contributed by atoms with van der Waals surface area (Å²) in [6.07, 6.45) is -2.32. The predicted octanol–water partition coefficient (Wildman–Crippen LogP) is 0.740. The third-order valence-corrected chi connectivity index (χ3v) is 1.45. The summed E-state index contributed by atoms with van der Waals surface area (Å²) in [5.74, 6) is -1.46. The summed E-state index contributed by atoms with van der Waals surface area (Å²) in [5, 5.41) is 30.7. The van der Waals surface area contributed by atoms with Crippen LogP contribution in [-0.2, 0) is 0 Å². The van der Waals surface area contributed by atoms with E-state index in [2.05, 4.69) is 4.42 Å². The fraction of sp³-hybridized carbons (Fsp3) is 0.200. The van der Waals surface area contributed by atoms with Gasteiger partial charge in [0, 0.05) is 6.07 Å². The highest BCUT2D eigenvalue weighted by atomic mass is 16.7. The molecule has 10 nitrogen and oxygen atoms in total. The van der Waals surface area contributed by atoms with Gasteiger partial charge in [-0.25, -0.2) is 0 Å². The van der Waals surface area contributed by atoms with Crippen molar-refractivity contribution in [1.82, 2.24) is 0 Å². The quantitative estimate of drug-likeness (QED) is 0.410. The molecular formula is C5H3N3O7. The zero-order chi connectivity index (χ0) is 11.6. The second-order valence-corrected chi connectivity index (χ2v) is 2.38. The summed E-state index contributed by atoms with van der Waals surface area (Å²) < 4.78 is 4.35. The minimum atomic E-state index is -2.32. The van der Waals surface area contributed by atoms with Crippen LogP contribution in [0, 0.1) is 30.3 Å². The van der Waals surface area contributed by atoms with E-state index in [0.29, 0.717) is 0 Å². The number of nitrogens with zero attached hydrogens (tertiary/aromatic N) is 3. The Morgan fingerprint density at radius 1 is 1.07 bits per heavy atom. The third-order valence-electron chi connectivity index (χ3n) is 1.45. The van der Waals surface area contributed by atoms with Crippen LogP contribution in [0.5, 0.6) is 0 Å². The Hall–Kier alpha value is -2.52. The monoisotopic (exact) mass is 217 g/mol. The Morgan fingerprint density at radius 2 is 1.60 bits per heavy atom. The maximum Gasteiger partial charge on any atom is 0.507 e. The normalized spacial score (nSPS) is 10.2. The van der Waals surface area contributed by atoms with Gasteiger partial charge in [0.2, 0.25) is 0 Å². The van der Waals surface area contributed by atoms with Crippen LogP contribution in [0.3, 0.4) is 0 Å². The van der Waals surface area contributed by atoms with Gasteiger partial charge in [0.15, 0.2) is 0 Å². The van der Waals surface area contributed by atoms with E-state index in [0.717, 1.165) is 12.1 Å². The molecule has 15 heavy (non-hydrogen) atoms. The number of hydrogen-bond donors (Lipinski definition) is 0. The van der Waals surface area contributed by atoms with Crippen LogP contribution in [0.4, 0.5) is 5.88 Å². The molecule has 0 amide bonds. The lowest BCUT2D eigenvalue weighted by molar-refractivity contribution is -0.755. The third kappa shape index (κ3) is 2.04. The van der Waals surface area contributed by atoms with E-state index in [9.17, 15) is 30.3 Å². The Labute approximate surface area is 80.5 Å². The van der Waals surface area contributed by atoms with Crippen molar-refractivity contribution in [1.29, 1.82) is 0 Å². The number of nitro groups is 3. The van der Waals surface area contributed by atoms with Crippen molar-refractivity contribution >= 4 is 5.88 Å². The molecule has 0 bridgehead atoms. The average molecular weight is 217 g/mol. The molecule has 80 valence electrons. The fourth-order valence-electron chi connectivity index (χ4n) is 0.864. The first kappa shape index (κ1) is 10.6. The Kier molecular flexibility index (Phi) is 2.60. The summed E-state index contributed by atoms with van der Waals surface area (Å²) in [4.78, 5) is 27.3. The highest BCUT2D eigenvalue weighted by molar-refractivity contribution is 5.18. The van der Waals surface area contributed by atoms with Gasteiger partial charge in [-0.2, -0.15) is 0 Å². The summed E-state index contributed by atoms with van der Waals surface area (Å²) in [7, 11) is 0. The van der Waals surface area contributed by atoms with Crippen LogP contribution in [0.25, 0.3) is 0 Å². The van der Waals surface area contributed by atoms with Crippen molar-refractivity contribution in [3.63, 3.8) is 0 Å². The van der Waals surface area contributed by atoms with Crippen molar-refractivity contribution in [3.8, 4) is 0 Å². The zero-order valence-corrected chi connectivity index (χ0v) is 6.93. The lowest BCUT2D eigenvalue weighted by Crippen LogP contribution is -2.18. The minimum absolute atomic E-state index is 0.684. The first-order chi connectivity index (χ1) is 6.93. The van der Waals surface area contributed by atoms with E-state index in [4.69, 9.17) is 0 Å². The van der Waals surface area contributed by atoms with Gasteiger partial charge in [-0.15, -0.1) is 0 Å². The molecule has 0 saturated carbocycles. The van der Waals surface area contributed by atoms with Gasteiger partial charge in [0.25, 0.3) is 5.76 Å². The first-order valence-electron chi connectivity index (χ1n) is 3.44. The summed E-state index contributed by atoms with van der Waals surface area (Å²) in [6.45, 7) is 0. The summed E-state index contributed by atoms with van der Waals surface area (Å²) >= 11 is 0. The van der Waals surface area contributed by atoms with Crippen LogP contribution in [0.1, 0.15) is 11.9 Å². The molecule has 0 aliphatic carbocycles. The predicted molar refractivity (Wildman–Crippen MR) is 42.1 cm³/mol. The van der Waals surface area contributed by atoms with Gasteiger partial charge in [-0.3, -0.25) is 30.3 Å². The molecule has 1 rings (SSSR count). The van der Waals surface area contributed by atoms with Crippen molar-refractivity contribution in [3.05, 3.63) is 48.2 Å². The minimum Gasteiger partial charge on any atom is -0.390 e. The van der Waals surface area contributed by atoms with Crippen molar-refractivity contribution in [2.45, 2.75) is 6.17 Å². The zero-order valence-electron chi connectivity index (χ0n) is 6.93. The molecule has 0 saturated heterocycles. The van der Waals surface area contributed by atoms with Crippen molar-refractivity contribution in [2.24, 2.45) is 0 Å². The van der Waals surface area contributed by atoms with Crippen LogP contribution in [-0.4, -0.2) is 14.8 Å². The average Bonchev–Trinajstić information content (AvgIpc) is 2.51. The molecule has 0 unspecified atom stereocenters. The largest absolute Gasteiger partial charge is 0.507 e. The maximum absolute atomic E-state index is 10.3. The Bertz CT molecular complexity index is 410. The van der Waals surface area contributed by atoms with Crippen molar-refractivity contribution in [2.75, 3.05) is 0 Å². The molecular weight excluding hydrogens is 214 g/mol. The summed E-state index contributed by atoms with van der Waals surface area (Å²) in [6, 6.07) is 1.64. The SMILES string of the molecule is O=[N+]([O-])c1ccc(C([N+](=O)[O-])[N+](=O)[O-])o1. The van der Waals surface area contributed by atoms with E-state index < -0.39 is 32.6 Å². The van der Waals surface area contributed by atoms with Crippen LogP contribution >= 0.6 is 0 Å². The van der Waals surface area contributed by atoms with Gasteiger partial charge >= 0.3 is 12.0 Å². The van der Waals surface area contributed by atoms with E-state index in [1.807, 2.05) is 0 Å². The van der Waals surface area contributed by atoms with Gasteiger partial charge in [0.1, 0.15) is 14.8 Å². The lowest BCUT2D eigenvalue weighted by atomic mass is 10.4. The molecule has 10 heteroatoms. The van der Waals surface area contributed by atoms with E-state index in [1.54, 1.807) is 0 Å². The number of hydrogen-bond acceptors (Lipinski definition) is 7. The Balaban J connectivity index is 3.07. The molecule has 1 aromatic heterocycles. The Morgan fingerprint density at radius 3 is 1.93 bits per heavy atom. The molecule has 1 aromatic rings. The van der Waals surface area contributed by atoms with E-state index in [-0.39, 0.29) is 0 Å². The molecule has 1 heterocycles. The molecule has 0 fully saturated rings. The molecule has 0 atom stereocenters. The second-order valence-electron chi connectivity index (χ2n) is 2.38. The van der Waals surface area contributed by atoms with Crippen LogP contribution in [0.15, 0.2) is 16.5 Å². The first-order valence-corrected chi connectivity index (χ1v) is 3.44. The van der Waals surface area contributed by atoms with E-state index in [1.165, 1.54) is 0 Å². The highest BCUT2D eigenvalue weighted by Crippen LogP contribution is 2.23. The van der Waals surface area contributed by atoms with Crippen LogP contribution < -0.4 is 0 Å². The molecule has 0 radical (unpaired) electrons. The second kappa shape index (κ2) is 3.69. The summed E-state index contributed by atoms with van der Waals surface area (Å²) in [5.41, 5.74) is 0. The molecule has 0 aliphatic heterocycles. The van der Waals surface area contributed by atoms with Crippen LogP contribution in [0.2, 0.25) is 0 Å². The molecule has 0 aromatic carbocycles. The highest BCUT2D eigenvalue weighted by Gasteiger charge is 2.39. The number of furan rings is 1. The topological polar surface area (TPSA) is 143 Å². The lowest BCUT2D eigenvalue weighted by Gasteiger charge is -1.96. The maximum atomic E-state index is 10.3. The van der Waals surface area contributed by atoms with Crippen molar-refractivity contribution < 1.29 is 19.2 Å². The fourth-order valence-corrected chi connectivity index (χ4v) is 0.864. The molecule has 0 aliphatic rings. The van der Waals surface area contributed by atoms with Gasteiger partial charge in [0.05, 0.1) is 6.07 Å². The number of rotatable bonds is 4. The standard InChI is InChI=1S/C5H3N3O7/c9-6(10)4-2-1-3(15-4)5(7(11)12)8(13)14/h1-2,5H. The van der Waals surface area contributed by atoms with Gasteiger partial charge in [-0.05, 0) is 0 Å².